The fourth-order valence-corrected chi connectivity index (χ4v) is 3.13. The molecule has 1 unspecified atom stereocenters. The van der Waals surface area contributed by atoms with Crippen LogP contribution in [0.25, 0.3) is 0 Å². The fraction of sp³-hybridized carbons (Fsp3) is 1.00. The molecule has 19 heavy (non-hydrogen) atoms. The van der Waals surface area contributed by atoms with E-state index in [2.05, 4.69) is 12.2 Å². The Morgan fingerprint density at radius 1 is 1.16 bits per heavy atom. The molecule has 7 heteroatoms. The lowest BCUT2D eigenvalue weighted by Gasteiger charge is -2.15. The van der Waals surface area contributed by atoms with Crippen molar-refractivity contribution >= 4 is 19.9 Å². The minimum atomic E-state index is -3.94. The summed E-state index contributed by atoms with van der Waals surface area (Å²) in [5.74, 6) is 0.284. The summed E-state index contributed by atoms with van der Waals surface area (Å²) >= 11 is 0. The molecule has 0 spiro atoms. The first kappa shape index (κ1) is 19.2. The molecule has 0 aromatic rings. The van der Waals surface area contributed by atoms with Gasteiger partial charge in [-0.25, -0.2) is 0 Å². The molecule has 0 aromatic heterocycles. The van der Waals surface area contributed by atoms with Gasteiger partial charge < -0.3 is 10.4 Å². The molecule has 116 valence electrons. The van der Waals surface area contributed by atoms with E-state index in [4.69, 9.17) is 4.55 Å². The minimum Gasteiger partial charge on any atom is -0.395 e. The van der Waals surface area contributed by atoms with Crippen molar-refractivity contribution in [1.82, 2.24) is 5.32 Å². The average Bonchev–Trinajstić information content (AvgIpc) is 2.34. The molecule has 0 aliphatic heterocycles. The number of hydrogen-bond acceptors (Lipinski definition) is 5. The SMILES string of the molecule is CCCCCCCCC(CO)NCCSS(=O)(=O)O. The summed E-state index contributed by atoms with van der Waals surface area (Å²) in [4.78, 5) is 0. The first-order valence-corrected chi connectivity index (χ1v) is 9.90. The lowest BCUT2D eigenvalue weighted by molar-refractivity contribution is 0.235. The Kier molecular flexibility index (Phi) is 12.1. The minimum absolute atomic E-state index is 0.0215. The van der Waals surface area contributed by atoms with Crippen LogP contribution in [0, 0.1) is 0 Å². The number of aliphatic hydroxyl groups is 1. The van der Waals surface area contributed by atoms with Gasteiger partial charge in [0.25, 0.3) is 0 Å². The summed E-state index contributed by atoms with van der Waals surface area (Å²) in [6.07, 6.45) is 8.20. The molecule has 0 saturated heterocycles. The van der Waals surface area contributed by atoms with Crippen molar-refractivity contribution in [1.29, 1.82) is 0 Å². The van der Waals surface area contributed by atoms with Crippen LogP contribution in [0.15, 0.2) is 0 Å². The van der Waals surface area contributed by atoms with Gasteiger partial charge in [0, 0.05) is 18.3 Å². The highest BCUT2D eigenvalue weighted by atomic mass is 33.1. The topological polar surface area (TPSA) is 86.6 Å². The zero-order valence-corrected chi connectivity index (χ0v) is 13.3. The summed E-state index contributed by atoms with van der Waals surface area (Å²) in [6.45, 7) is 2.72. The predicted octanol–water partition coefficient (Wildman–Crippen LogP) is 2.22. The number of hydrogen-bond donors (Lipinski definition) is 3. The highest BCUT2D eigenvalue weighted by molar-refractivity contribution is 8.69. The Balaban J connectivity index is 3.50. The van der Waals surface area contributed by atoms with Crippen LogP contribution in [0.5, 0.6) is 0 Å². The Bertz CT molecular complexity index is 296. The maximum absolute atomic E-state index is 10.5. The molecule has 0 fully saturated rings. The summed E-state index contributed by atoms with van der Waals surface area (Å²) in [7, 11) is -3.44. The van der Waals surface area contributed by atoms with Crippen molar-refractivity contribution in [2.75, 3.05) is 18.9 Å². The lowest BCUT2D eigenvalue weighted by atomic mass is 10.1. The summed E-state index contributed by atoms with van der Waals surface area (Å²) in [6, 6.07) is 0.0215. The molecule has 0 aliphatic carbocycles. The Morgan fingerprint density at radius 3 is 2.37 bits per heavy atom. The standard InChI is InChI=1S/C12H27NO4S2/c1-2-3-4-5-6-7-8-12(11-14)13-9-10-18-19(15,16)17/h12-14H,2-11H2,1H3,(H,15,16,17). The van der Waals surface area contributed by atoms with Gasteiger partial charge in [-0.1, -0.05) is 45.4 Å². The van der Waals surface area contributed by atoms with Crippen molar-refractivity contribution in [2.45, 2.75) is 57.9 Å². The molecular weight excluding hydrogens is 286 g/mol. The third kappa shape index (κ3) is 14.4. The Hall–Kier alpha value is 0.180. The first-order chi connectivity index (χ1) is 8.99. The van der Waals surface area contributed by atoms with E-state index in [1.165, 1.54) is 32.1 Å². The third-order valence-electron chi connectivity index (χ3n) is 2.89. The summed E-state index contributed by atoms with van der Waals surface area (Å²) < 4.78 is 29.5. The molecule has 3 N–H and O–H groups in total. The third-order valence-corrected chi connectivity index (χ3v) is 4.96. The molecule has 0 amide bonds. The van der Waals surface area contributed by atoms with E-state index in [1.807, 2.05) is 0 Å². The summed E-state index contributed by atoms with van der Waals surface area (Å²) in [5, 5.41) is 12.3. The normalized spacial score (nSPS) is 13.6. The van der Waals surface area contributed by atoms with Gasteiger partial charge in [-0.05, 0) is 17.2 Å². The van der Waals surface area contributed by atoms with Crippen molar-refractivity contribution in [3.63, 3.8) is 0 Å². The van der Waals surface area contributed by atoms with E-state index < -0.39 is 9.15 Å². The average molecular weight is 313 g/mol. The van der Waals surface area contributed by atoms with Crippen LogP contribution in [0.1, 0.15) is 51.9 Å². The predicted molar refractivity (Wildman–Crippen MR) is 80.9 cm³/mol. The van der Waals surface area contributed by atoms with E-state index in [9.17, 15) is 13.5 Å². The van der Waals surface area contributed by atoms with Gasteiger partial charge in [0.05, 0.1) is 6.61 Å². The number of aliphatic hydroxyl groups excluding tert-OH is 1. The second kappa shape index (κ2) is 12.0. The van der Waals surface area contributed by atoms with Gasteiger partial charge >= 0.3 is 9.15 Å². The van der Waals surface area contributed by atoms with Crippen LogP contribution in [0.4, 0.5) is 0 Å². The second-order valence-electron chi connectivity index (χ2n) is 4.64. The number of unbranched alkanes of at least 4 members (excludes halogenated alkanes) is 5. The van der Waals surface area contributed by atoms with E-state index in [0.717, 1.165) is 12.8 Å². The lowest BCUT2D eigenvalue weighted by Crippen LogP contribution is -2.34. The highest BCUT2D eigenvalue weighted by Crippen LogP contribution is 2.10. The van der Waals surface area contributed by atoms with Gasteiger partial charge in [-0.2, -0.15) is 8.42 Å². The van der Waals surface area contributed by atoms with Crippen molar-refractivity contribution < 1.29 is 18.1 Å². The monoisotopic (exact) mass is 313 g/mol. The molecule has 0 rings (SSSR count). The van der Waals surface area contributed by atoms with Crippen LogP contribution in [0.3, 0.4) is 0 Å². The maximum Gasteiger partial charge on any atom is 0.319 e. The van der Waals surface area contributed by atoms with Crippen molar-refractivity contribution in [2.24, 2.45) is 0 Å². The van der Waals surface area contributed by atoms with Gasteiger partial charge in [-0.3, -0.25) is 4.55 Å². The molecule has 0 aliphatic rings. The Morgan fingerprint density at radius 2 is 1.79 bits per heavy atom. The first-order valence-electron chi connectivity index (χ1n) is 6.95. The van der Waals surface area contributed by atoms with E-state index in [-0.39, 0.29) is 18.4 Å². The summed E-state index contributed by atoms with van der Waals surface area (Å²) in [5.41, 5.74) is 0. The zero-order valence-electron chi connectivity index (χ0n) is 11.7. The van der Waals surface area contributed by atoms with Crippen molar-refractivity contribution in [3.8, 4) is 0 Å². The van der Waals surface area contributed by atoms with Gasteiger partial charge in [-0.15, -0.1) is 0 Å². The molecule has 5 nitrogen and oxygen atoms in total. The number of rotatable bonds is 13. The van der Waals surface area contributed by atoms with E-state index >= 15 is 0 Å². The van der Waals surface area contributed by atoms with E-state index in [1.54, 1.807) is 0 Å². The van der Waals surface area contributed by atoms with Gasteiger partial charge in [0.1, 0.15) is 0 Å². The molecule has 0 radical (unpaired) electrons. The molecule has 0 heterocycles. The second-order valence-corrected chi connectivity index (χ2v) is 8.11. The van der Waals surface area contributed by atoms with Crippen LogP contribution in [-0.4, -0.2) is 43.0 Å². The fourth-order valence-electron chi connectivity index (χ4n) is 1.84. The smallest absolute Gasteiger partial charge is 0.319 e. The molecule has 1 atom stereocenters. The van der Waals surface area contributed by atoms with Gasteiger partial charge in [0.15, 0.2) is 0 Å². The Labute approximate surface area is 120 Å². The van der Waals surface area contributed by atoms with Crippen LogP contribution in [0.2, 0.25) is 0 Å². The van der Waals surface area contributed by atoms with Crippen LogP contribution in [-0.2, 0) is 9.15 Å². The molecular formula is C12H27NO4S2. The van der Waals surface area contributed by atoms with E-state index in [0.29, 0.717) is 17.3 Å². The van der Waals surface area contributed by atoms with Gasteiger partial charge in [0.2, 0.25) is 0 Å². The molecule has 0 aromatic carbocycles. The number of nitrogens with one attached hydrogen (secondary N) is 1. The van der Waals surface area contributed by atoms with Crippen LogP contribution < -0.4 is 5.32 Å². The largest absolute Gasteiger partial charge is 0.395 e. The molecule has 0 bridgehead atoms. The zero-order chi connectivity index (χ0) is 14.6. The van der Waals surface area contributed by atoms with Crippen molar-refractivity contribution in [3.05, 3.63) is 0 Å². The maximum atomic E-state index is 10.5. The highest BCUT2D eigenvalue weighted by Gasteiger charge is 2.08. The van der Waals surface area contributed by atoms with Crippen LogP contribution >= 0.6 is 10.8 Å². The quantitative estimate of drug-likeness (QED) is 0.275. The molecule has 0 saturated carbocycles.